The number of aryl methyl sites for hydroxylation is 1. The van der Waals surface area contributed by atoms with Crippen molar-refractivity contribution < 1.29 is 4.52 Å². The number of anilines is 1. The highest BCUT2D eigenvalue weighted by Crippen LogP contribution is 2.34. The van der Waals surface area contributed by atoms with Crippen LogP contribution in [0.15, 0.2) is 17.0 Å². The predicted molar refractivity (Wildman–Crippen MR) is 80.6 cm³/mol. The van der Waals surface area contributed by atoms with Crippen molar-refractivity contribution in [3.63, 3.8) is 0 Å². The Morgan fingerprint density at radius 2 is 2.29 bits per heavy atom. The summed E-state index contributed by atoms with van der Waals surface area (Å²) < 4.78 is 6.81. The highest BCUT2D eigenvalue weighted by Gasteiger charge is 2.21. The van der Waals surface area contributed by atoms with E-state index in [1.54, 1.807) is 17.6 Å². The van der Waals surface area contributed by atoms with Crippen molar-refractivity contribution in [2.24, 2.45) is 0 Å². The van der Waals surface area contributed by atoms with Crippen molar-refractivity contribution in [3.05, 3.63) is 29.4 Å². The summed E-state index contributed by atoms with van der Waals surface area (Å²) >= 11 is 1.58. The van der Waals surface area contributed by atoms with Gasteiger partial charge in [-0.05, 0) is 19.8 Å². The number of nitrogens with zero attached hydrogens (tertiary/aromatic N) is 4. The molecule has 110 valence electrons. The third kappa shape index (κ3) is 2.42. The van der Waals surface area contributed by atoms with Crippen LogP contribution in [0.2, 0.25) is 0 Å². The molecule has 4 rings (SSSR count). The summed E-state index contributed by atoms with van der Waals surface area (Å²) in [5.74, 6) is 0.632. The molecule has 3 aromatic heterocycles. The quantitative estimate of drug-likeness (QED) is 0.800. The zero-order chi connectivity index (χ0) is 14.2. The van der Waals surface area contributed by atoms with E-state index < -0.39 is 0 Å². The van der Waals surface area contributed by atoms with E-state index in [1.807, 2.05) is 11.4 Å². The Morgan fingerprint density at radius 3 is 3.00 bits per heavy atom. The summed E-state index contributed by atoms with van der Waals surface area (Å²) in [6, 6.07) is 0. The Bertz CT molecular complexity index is 721. The Morgan fingerprint density at radius 1 is 1.43 bits per heavy atom. The van der Waals surface area contributed by atoms with Gasteiger partial charge in [0.15, 0.2) is 0 Å². The minimum Gasteiger partial charge on any atom is -0.364 e. The number of rotatable bonds is 4. The van der Waals surface area contributed by atoms with Crippen LogP contribution in [0.1, 0.15) is 48.6 Å². The second kappa shape index (κ2) is 5.14. The lowest BCUT2D eigenvalue weighted by atomic mass is 10.1. The van der Waals surface area contributed by atoms with Crippen LogP contribution in [0.4, 0.5) is 5.13 Å². The number of fused-ring (bicyclic) bond motifs is 1. The van der Waals surface area contributed by atoms with Crippen molar-refractivity contribution in [1.29, 1.82) is 0 Å². The van der Waals surface area contributed by atoms with Crippen molar-refractivity contribution in [1.82, 2.24) is 19.8 Å². The Labute approximate surface area is 126 Å². The van der Waals surface area contributed by atoms with E-state index in [0.717, 1.165) is 21.3 Å². The van der Waals surface area contributed by atoms with Gasteiger partial charge in [-0.1, -0.05) is 29.3 Å². The van der Waals surface area contributed by atoms with Crippen molar-refractivity contribution >= 4 is 21.4 Å². The van der Waals surface area contributed by atoms with Gasteiger partial charge in [-0.3, -0.25) is 0 Å². The van der Waals surface area contributed by atoms with Gasteiger partial charge in [0.2, 0.25) is 10.1 Å². The molecular weight excluding hydrogens is 286 g/mol. The highest BCUT2D eigenvalue weighted by atomic mass is 32.1. The molecule has 1 fully saturated rings. The molecule has 3 heterocycles. The van der Waals surface area contributed by atoms with E-state index in [2.05, 4.69) is 21.8 Å². The first-order valence-electron chi connectivity index (χ1n) is 7.29. The molecule has 0 amide bonds. The van der Waals surface area contributed by atoms with E-state index in [1.165, 1.54) is 31.4 Å². The molecule has 1 aliphatic rings. The molecule has 0 unspecified atom stereocenters. The monoisotopic (exact) mass is 303 g/mol. The van der Waals surface area contributed by atoms with E-state index in [9.17, 15) is 0 Å². The fourth-order valence-electron chi connectivity index (χ4n) is 2.85. The summed E-state index contributed by atoms with van der Waals surface area (Å²) in [6.45, 7) is 2.60. The molecule has 1 N–H and O–H groups in total. The molecule has 0 spiro atoms. The fraction of sp³-hybridized carbons (Fsp3) is 0.500. The first kappa shape index (κ1) is 12.8. The lowest BCUT2D eigenvalue weighted by Gasteiger charge is -2.02. The molecule has 1 aliphatic carbocycles. The topological polar surface area (TPSA) is 68.2 Å². The zero-order valence-corrected chi connectivity index (χ0v) is 12.7. The van der Waals surface area contributed by atoms with Crippen LogP contribution >= 0.6 is 11.3 Å². The molecule has 7 heteroatoms. The van der Waals surface area contributed by atoms with Crippen LogP contribution in [-0.2, 0) is 6.54 Å². The Hall–Kier alpha value is -1.89. The van der Waals surface area contributed by atoms with Crippen molar-refractivity contribution in [2.75, 3.05) is 5.32 Å². The smallest absolute Gasteiger partial charge is 0.214 e. The third-order valence-corrected chi connectivity index (χ3v) is 4.97. The van der Waals surface area contributed by atoms with Gasteiger partial charge < -0.3 is 9.84 Å². The van der Waals surface area contributed by atoms with Crippen LogP contribution in [0.25, 0.3) is 4.96 Å². The van der Waals surface area contributed by atoms with Gasteiger partial charge in [-0.25, -0.2) is 9.50 Å². The summed E-state index contributed by atoms with van der Waals surface area (Å²) in [6.07, 6.45) is 8.91. The van der Waals surface area contributed by atoms with Gasteiger partial charge in [0.05, 0.1) is 18.4 Å². The van der Waals surface area contributed by atoms with Gasteiger partial charge in [0.1, 0.15) is 12.0 Å². The molecule has 21 heavy (non-hydrogen) atoms. The van der Waals surface area contributed by atoms with Gasteiger partial charge >= 0.3 is 0 Å². The molecule has 3 aromatic rings. The lowest BCUT2D eigenvalue weighted by molar-refractivity contribution is 0.412. The number of aromatic nitrogens is 4. The Kier molecular flexibility index (Phi) is 3.14. The van der Waals surface area contributed by atoms with E-state index in [4.69, 9.17) is 9.51 Å². The van der Waals surface area contributed by atoms with Crippen molar-refractivity contribution in [2.45, 2.75) is 45.1 Å². The first-order valence-corrected chi connectivity index (χ1v) is 8.11. The number of hydrogen-bond donors (Lipinski definition) is 1. The summed E-state index contributed by atoms with van der Waals surface area (Å²) in [5.41, 5.74) is 3.16. The zero-order valence-electron chi connectivity index (χ0n) is 11.9. The molecule has 0 bridgehead atoms. The molecule has 0 atom stereocenters. The SMILES string of the molecule is Cc1conc1CNc1nn2cc(C3CCCC3)nc2s1. The normalized spacial score (nSPS) is 16.0. The summed E-state index contributed by atoms with van der Waals surface area (Å²) in [7, 11) is 0. The van der Waals surface area contributed by atoms with Crippen LogP contribution in [0.5, 0.6) is 0 Å². The maximum Gasteiger partial charge on any atom is 0.214 e. The Balaban J connectivity index is 1.49. The predicted octanol–water partition coefficient (Wildman–Crippen LogP) is 3.36. The van der Waals surface area contributed by atoms with E-state index in [-0.39, 0.29) is 0 Å². The largest absolute Gasteiger partial charge is 0.364 e. The van der Waals surface area contributed by atoms with Gasteiger partial charge in [-0.2, -0.15) is 0 Å². The maximum atomic E-state index is 4.93. The molecule has 1 saturated carbocycles. The fourth-order valence-corrected chi connectivity index (χ4v) is 3.63. The minimum atomic E-state index is 0.620. The minimum absolute atomic E-state index is 0.620. The van der Waals surface area contributed by atoms with Crippen LogP contribution < -0.4 is 5.32 Å². The molecule has 0 saturated heterocycles. The molecule has 6 nitrogen and oxygen atoms in total. The standard InChI is InChI=1S/C14H17N5OS/c1-9-8-20-18-11(9)6-15-13-17-19-7-12(16-14(19)21-13)10-4-2-3-5-10/h7-8,10H,2-6H2,1H3,(H,15,17). The number of hydrogen-bond acceptors (Lipinski definition) is 6. The molecular formula is C14H17N5OS. The first-order chi connectivity index (χ1) is 10.3. The molecule has 0 aromatic carbocycles. The molecule has 0 radical (unpaired) electrons. The number of nitrogens with one attached hydrogen (secondary N) is 1. The maximum absolute atomic E-state index is 4.93. The second-order valence-corrected chi connectivity index (χ2v) is 6.54. The van der Waals surface area contributed by atoms with Gasteiger partial charge in [0.25, 0.3) is 0 Å². The van der Waals surface area contributed by atoms with Gasteiger partial charge in [-0.15, -0.1) is 5.10 Å². The second-order valence-electron chi connectivity index (χ2n) is 5.58. The highest BCUT2D eigenvalue weighted by molar-refractivity contribution is 7.20. The average molecular weight is 303 g/mol. The van der Waals surface area contributed by atoms with Crippen molar-refractivity contribution in [3.8, 4) is 0 Å². The third-order valence-electron chi connectivity index (χ3n) is 4.09. The average Bonchev–Trinajstić information content (AvgIpc) is 3.20. The molecule has 0 aliphatic heterocycles. The van der Waals surface area contributed by atoms with E-state index >= 15 is 0 Å². The van der Waals surface area contributed by atoms with Crippen LogP contribution in [0.3, 0.4) is 0 Å². The van der Waals surface area contributed by atoms with Gasteiger partial charge in [0, 0.05) is 11.5 Å². The lowest BCUT2D eigenvalue weighted by Crippen LogP contribution is -2.01. The number of imidazole rings is 1. The van der Waals surface area contributed by atoms with E-state index in [0.29, 0.717) is 12.5 Å². The summed E-state index contributed by atoms with van der Waals surface area (Å²) in [5, 5.41) is 12.6. The summed E-state index contributed by atoms with van der Waals surface area (Å²) in [4.78, 5) is 5.68. The van der Waals surface area contributed by atoms with Crippen LogP contribution in [-0.4, -0.2) is 19.8 Å². The van der Waals surface area contributed by atoms with Crippen LogP contribution in [0, 0.1) is 6.92 Å².